The molecular weight excluding hydrogens is 302 g/mol. The molecule has 3 heteroatoms. The first-order valence-corrected chi connectivity index (χ1v) is 9.31. The van der Waals surface area contributed by atoms with Crippen LogP contribution in [0.2, 0.25) is 0 Å². The third kappa shape index (κ3) is 2.25. The third-order valence-electron chi connectivity index (χ3n) is 5.88. The monoisotopic (exact) mass is 325 g/mol. The van der Waals surface area contributed by atoms with E-state index in [4.69, 9.17) is 0 Å². The fourth-order valence-electron chi connectivity index (χ4n) is 4.52. The van der Waals surface area contributed by atoms with E-state index in [1.54, 1.807) is 0 Å². The number of likely N-dealkylation sites (N-methyl/N-ethyl adjacent to an activating group) is 1. The Labute approximate surface area is 142 Å². The Morgan fingerprint density at radius 3 is 2.83 bits per heavy atom. The molecule has 1 saturated heterocycles. The average Bonchev–Trinajstić information content (AvgIpc) is 2.97. The van der Waals surface area contributed by atoms with E-state index in [0.717, 1.165) is 19.3 Å². The number of hydrogen-bond donors (Lipinski definition) is 0. The minimum atomic E-state index is 0.111. The van der Waals surface area contributed by atoms with E-state index in [9.17, 15) is 4.79 Å². The van der Waals surface area contributed by atoms with Gasteiger partial charge in [0.1, 0.15) is 0 Å². The van der Waals surface area contributed by atoms with Gasteiger partial charge in [-0.3, -0.25) is 4.79 Å². The van der Waals surface area contributed by atoms with Gasteiger partial charge in [-0.25, -0.2) is 0 Å². The molecule has 1 aromatic carbocycles. The van der Waals surface area contributed by atoms with Gasteiger partial charge < -0.3 is 4.90 Å². The summed E-state index contributed by atoms with van der Waals surface area (Å²) in [7, 11) is 1.98. The molecule has 0 bridgehead atoms. The molecule has 1 aliphatic carbocycles. The first-order valence-electron chi connectivity index (χ1n) is 8.43. The summed E-state index contributed by atoms with van der Waals surface area (Å²) in [5.41, 5.74) is 5.73. The zero-order valence-electron chi connectivity index (χ0n) is 14.1. The molecule has 1 aromatic heterocycles. The fraction of sp³-hybridized carbons (Fsp3) is 0.450. The van der Waals surface area contributed by atoms with Gasteiger partial charge >= 0.3 is 0 Å². The molecule has 2 aliphatic rings. The maximum absolute atomic E-state index is 12.1. The first-order chi connectivity index (χ1) is 11.0. The second-order valence-electron chi connectivity index (χ2n) is 7.34. The van der Waals surface area contributed by atoms with Crippen molar-refractivity contribution < 1.29 is 4.79 Å². The SMILES string of the molecule is Cc1csc(-c2ccc3c(c2)CC[C@H]2N(C)C(=O)CC[C@]32C)c1. The molecule has 0 N–H and O–H groups in total. The van der Waals surface area contributed by atoms with Crippen molar-refractivity contribution in [2.24, 2.45) is 0 Å². The Hall–Kier alpha value is -1.61. The van der Waals surface area contributed by atoms with Crippen molar-refractivity contribution in [2.45, 2.75) is 51.0 Å². The number of carbonyl (C=O) groups excluding carboxylic acids is 1. The summed E-state index contributed by atoms with van der Waals surface area (Å²) in [6.45, 7) is 4.51. The first kappa shape index (κ1) is 14.9. The van der Waals surface area contributed by atoms with Crippen LogP contribution in [0.3, 0.4) is 0 Å². The maximum Gasteiger partial charge on any atom is 0.222 e. The third-order valence-corrected chi connectivity index (χ3v) is 6.97. The van der Waals surface area contributed by atoms with Crippen molar-refractivity contribution in [1.82, 2.24) is 4.90 Å². The Morgan fingerprint density at radius 1 is 1.26 bits per heavy atom. The lowest BCUT2D eigenvalue weighted by molar-refractivity contribution is -0.138. The summed E-state index contributed by atoms with van der Waals surface area (Å²) in [5, 5.41) is 2.22. The highest BCUT2D eigenvalue weighted by Gasteiger charge is 2.46. The second-order valence-corrected chi connectivity index (χ2v) is 8.25. The Kier molecular flexibility index (Phi) is 3.38. The highest BCUT2D eigenvalue weighted by Crippen LogP contribution is 2.46. The number of hydrogen-bond acceptors (Lipinski definition) is 2. The molecule has 4 rings (SSSR count). The largest absolute Gasteiger partial charge is 0.342 e. The number of thiophene rings is 1. The molecule has 1 fully saturated rings. The number of fused-ring (bicyclic) bond motifs is 3. The highest BCUT2D eigenvalue weighted by atomic mass is 32.1. The predicted molar refractivity (Wildman–Crippen MR) is 96.0 cm³/mol. The topological polar surface area (TPSA) is 20.3 Å². The van der Waals surface area contributed by atoms with E-state index in [1.807, 2.05) is 23.3 Å². The second kappa shape index (κ2) is 5.20. The van der Waals surface area contributed by atoms with Crippen molar-refractivity contribution in [3.05, 3.63) is 46.3 Å². The van der Waals surface area contributed by atoms with Crippen molar-refractivity contribution in [3.8, 4) is 10.4 Å². The number of amides is 1. The Balaban J connectivity index is 1.76. The predicted octanol–water partition coefficient (Wildman–Crippen LogP) is 4.55. The van der Waals surface area contributed by atoms with Crippen LogP contribution in [0.15, 0.2) is 29.6 Å². The Bertz CT molecular complexity index is 778. The number of likely N-dealkylation sites (tertiary alicyclic amines) is 1. The number of rotatable bonds is 1. The number of benzene rings is 1. The van der Waals surface area contributed by atoms with Crippen LogP contribution in [0.5, 0.6) is 0 Å². The zero-order valence-corrected chi connectivity index (χ0v) is 14.9. The fourth-order valence-corrected chi connectivity index (χ4v) is 5.42. The van der Waals surface area contributed by atoms with E-state index in [1.165, 1.54) is 27.1 Å². The minimum absolute atomic E-state index is 0.111. The van der Waals surface area contributed by atoms with Crippen LogP contribution in [0.4, 0.5) is 0 Å². The average molecular weight is 325 g/mol. The van der Waals surface area contributed by atoms with Crippen LogP contribution >= 0.6 is 11.3 Å². The van der Waals surface area contributed by atoms with Gasteiger partial charge in [-0.05, 0) is 59.9 Å². The van der Waals surface area contributed by atoms with E-state index in [0.29, 0.717) is 18.4 Å². The van der Waals surface area contributed by atoms with Gasteiger partial charge in [-0.1, -0.05) is 25.1 Å². The van der Waals surface area contributed by atoms with Gasteiger partial charge in [0, 0.05) is 29.8 Å². The molecule has 2 atom stereocenters. The number of carbonyl (C=O) groups is 1. The standard InChI is InChI=1S/C20H23NOS/c1-13-10-17(23-12-13)15-4-6-16-14(11-15)5-7-18-20(16,2)9-8-19(22)21(18)3/h4,6,10-12,18H,5,7-9H2,1-3H3/t18-,20-/m1/s1. The van der Waals surface area contributed by atoms with Crippen LogP contribution in [-0.4, -0.2) is 23.9 Å². The molecule has 2 aromatic rings. The summed E-state index contributed by atoms with van der Waals surface area (Å²) in [4.78, 5) is 15.4. The molecule has 0 unspecified atom stereocenters. The van der Waals surface area contributed by atoms with Crippen LogP contribution in [0.1, 0.15) is 42.9 Å². The lowest BCUT2D eigenvalue weighted by Gasteiger charge is -2.50. The van der Waals surface area contributed by atoms with Crippen molar-refractivity contribution in [2.75, 3.05) is 7.05 Å². The summed E-state index contributed by atoms with van der Waals surface area (Å²) >= 11 is 1.82. The van der Waals surface area contributed by atoms with Crippen LogP contribution < -0.4 is 0 Å². The number of piperidine rings is 1. The van der Waals surface area contributed by atoms with E-state index in [2.05, 4.69) is 43.5 Å². The molecule has 120 valence electrons. The van der Waals surface area contributed by atoms with Crippen LogP contribution in [-0.2, 0) is 16.6 Å². The summed E-state index contributed by atoms with van der Waals surface area (Å²) in [6.07, 6.45) is 3.81. The van der Waals surface area contributed by atoms with E-state index < -0.39 is 0 Å². The smallest absolute Gasteiger partial charge is 0.222 e. The molecule has 1 amide bonds. The van der Waals surface area contributed by atoms with Gasteiger partial charge in [0.25, 0.3) is 0 Å². The maximum atomic E-state index is 12.1. The molecule has 1 aliphatic heterocycles. The van der Waals surface area contributed by atoms with Gasteiger partial charge in [-0.2, -0.15) is 0 Å². The molecule has 23 heavy (non-hydrogen) atoms. The Morgan fingerprint density at radius 2 is 2.09 bits per heavy atom. The van der Waals surface area contributed by atoms with Crippen molar-refractivity contribution in [3.63, 3.8) is 0 Å². The van der Waals surface area contributed by atoms with Crippen molar-refractivity contribution >= 4 is 17.2 Å². The van der Waals surface area contributed by atoms with E-state index in [-0.39, 0.29) is 5.41 Å². The summed E-state index contributed by atoms with van der Waals surface area (Å²) < 4.78 is 0. The molecule has 2 nitrogen and oxygen atoms in total. The van der Waals surface area contributed by atoms with Gasteiger partial charge in [0.05, 0.1) is 0 Å². The molecule has 2 heterocycles. The molecule has 0 spiro atoms. The van der Waals surface area contributed by atoms with Crippen LogP contribution in [0, 0.1) is 6.92 Å². The quantitative estimate of drug-likeness (QED) is 0.753. The lowest BCUT2D eigenvalue weighted by atomic mass is 9.63. The van der Waals surface area contributed by atoms with Gasteiger partial charge in [0.15, 0.2) is 0 Å². The number of nitrogens with zero attached hydrogens (tertiary/aromatic N) is 1. The van der Waals surface area contributed by atoms with Gasteiger partial charge in [0.2, 0.25) is 5.91 Å². The lowest BCUT2D eigenvalue weighted by Crippen LogP contribution is -2.56. The summed E-state index contributed by atoms with van der Waals surface area (Å²) in [6, 6.07) is 9.61. The summed E-state index contributed by atoms with van der Waals surface area (Å²) in [5.74, 6) is 0.307. The normalized spacial score (nSPS) is 26.8. The van der Waals surface area contributed by atoms with Crippen molar-refractivity contribution in [1.29, 1.82) is 0 Å². The van der Waals surface area contributed by atoms with E-state index >= 15 is 0 Å². The zero-order chi connectivity index (χ0) is 16.2. The molecule has 0 radical (unpaired) electrons. The number of aryl methyl sites for hydroxylation is 2. The van der Waals surface area contributed by atoms with Gasteiger partial charge in [-0.15, -0.1) is 11.3 Å². The molecule has 0 saturated carbocycles. The highest BCUT2D eigenvalue weighted by molar-refractivity contribution is 7.13. The van der Waals surface area contributed by atoms with Crippen LogP contribution in [0.25, 0.3) is 10.4 Å². The molecular formula is C20H23NOS. The minimum Gasteiger partial charge on any atom is -0.342 e.